The van der Waals surface area contributed by atoms with E-state index in [1.165, 1.54) is 0 Å². The average molecular weight is 339 g/mol. The Bertz CT molecular complexity index is 867. The maximum Gasteiger partial charge on any atom is 0.416 e. The summed E-state index contributed by atoms with van der Waals surface area (Å²) >= 11 is 0. The van der Waals surface area contributed by atoms with Crippen molar-refractivity contribution in [3.8, 4) is 11.8 Å². The highest BCUT2D eigenvalue weighted by atomic mass is 19.4. The SMILES string of the molecule is CC(=O)Nc1c(C#N)cnn1-c1ccc(C(F)(F)F)cc1[N+](=O)[O-]. The molecule has 1 N–H and O–H groups in total. The lowest BCUT2D eigenvalue weighted by molar-refractivity contribution is -0.384. The average Bonchev–Trinajstić information content (AvgIpc) is 2.87. The van der Waals surface area contributed by atoms with Gasteiger partial charge in [0.05, 0.1) is 16.7 Å². The second-order valence-electron chi connectivity index (χ2n) is 4.57. The molecule has 0 saturated heterocycles. The van der Waals surface area contributed by atoms with Crippen molar-refractivity contribution in [2.24, 2.45) is 0 Å². The number of carbonyl (C=O) groups is 1. The molecule has 2 aromatic rings. The van der Waals surface area contributed by atoms with E-state index in [0.717, 1.165) is 23.9 Å². The minimum absolute atomic E-state index is 0.0978. The first kappa shape index (κ1) is 16.9. The number of carbonyl (C=O) groups excluding carboxylic acids is 1. The number of nitro benzene ring substituents is 1. The van der Waals surface area contributed by atoms with Crippen molar-refractivity contribution < 1.29 is 22.9 Å². The van der Waals surface area contributed by atoms with Crippen LogP contribution in [-0.2, 0) is 11.0 Å². The van der Waals surface area contributed by atoms with Crippen LogP contribution in [0.25, 0.3) is 5.69 Å². The number of alkyl halides is 3. The van der Waals surface area contributed by atoms with Crippen LogP contribution in [0.3, 0.4) is 0 Å². The van der Waals surface area contributed by atoms with Crippen molar-refractivity contribution in [3.63, 3.8) is 0 Å². The van der Waals surface area contributed by atoms with Gasteiger partial charge in [0.2, 0.25) is 5.91 Å². The molecule has 1 amide bonds. The number of rotatable bonds is 3. The highest BCUT2D eigenvalue weighted by molar-refractivity contribution is 5.89. The van der Waals surface area contributed by atoms with E-state index in [-0.39, 0.29) is 17.1 Å². The van der Waals surface area contributed by atoms with Gasteiger partial charge in [-0.1, -0.05) is 0 Å². The summed E-state index contributed by atoms with van der Waals surface area (Å²) in [5.74, 6) is -0.754. The molecule has 1 aromatic carbocycles. The van der Waals surface area contributed by atoms with E-state index in [1.807, 2.05) is 0 Å². The molecule has 1 heterocycles. The fourth-order valence-electron chi connectivity index (χ4n) is 1.93. The van der Waals surface area contributed by atoms with E-state index in [4.69, 9.17) is 5.26 Å². The fraction of sp³-hybridized carbons (Fsp3) is 0.154. The second-order valence-corrected chi connectivity index (χ2v) is 4.57. The Hall–Kier alpha value is -3.42. The van der Waals surface area contributed by atoms with Crippen LogP contribution in [0.5, 0.6) is 0 Å². The number of benzene rings is 1. The van der Waals surface area contributed by atoms with E-state index in [2.05, 4.69) is 10.4 Å². The van der Waals surface area contributed by atoms with Gasteiger partial charge in [0.25, 0.3) is 5.69 Å². The molecule has 24 heavy (non-hydrogen) atoms. The zero-order valence-electron chi connectivity index (χ0n) is 12.0. The number of anilines is 1. The minimum Gasteiger partial charge on any atom is -0.310 e. The third-order valence-electron chi connectivity index (χ3n) is 2.91. The van der Waals surface area contributed by atoms with Gasteiger partial charge in [-0.2, -0.15) is 23.5 Å². The first-order chi connectivity index (χ1) is 11.1. The van der Waals surface area contributed by atoms with Gasteiger partial charge in [-0.25, -0.2) is 4.68 Å². The van der Waals surface area contributed by atoms with E-state index in [0.29, 0.717) is 12.1 Å². The Morgan fingerprint density at radius 1 is 1.46 bits per heavy atom. The van der Waals surface area contributed by atoms with Crippen LogP contribution in [0.1, 0.15) is 18.1 Å². The maximum atomic E-state index is 12.7. The molecule has 0 bridgehead atoms. The highest BCUT2D eigenvalue weighted by Crippen LogP contribution is 2.35. The van der Waals surface area contributed by atoms with Gasteiger partial charge in [-0.05, 0) is 12.1 Å². The first-order valence-corrected chi connectivity index (χ1v) is 6.27. The molecule has 0 aliphatic rings. The summed E-state index contributed by atoms with van der Waals surface area (Å²) in [4.78, 5) is 21.3. The summed E-state index contributed by atoms with van der Waals surface area (Å²) in [6, 6.07) is 3.58. The van der Waals surface area contributed by atoms with Gasteiger partial charge in [-0.3, -0.25) is 14.9 Å². The number of nitriles is 1. The maximum absolute atomic E-state index is 12.7. The first-order valence-electron chi connectivity index (χ1n) is 6.27. The number of nitrogens with zero attached hydrogens (tertiary/aromatic N) is 4. The lowest BCUT2D eigenvalue weighted by Gasteiger charge is -2.11. The van der Waals surface area contributed by atoms with E-state index < -0.39 is 28.3 Å². The summed E-state index contributed by atoms with van der Waals surface area (Å²) in [6.45, 7) is 1.14. The molecule has 11 heteroatoms. The predicted octanol–water partition coefficient (Wildman–Crippen LogP) is 2.63. The molecule has 0 aliphatic heterocycles. The van der Waals surface area contributed by atoms with Crippen LogP contribution < -0.4 is 5.32 Å². The Morgan fingerprint density at radius 3 is 2.62 bits per heavy atom. The molecule has 124 valence electrons. The van der Waals surface area contributed by atoms with Crippen molar-refractivity contribution in [3.05, 3.63) is 45.6 Å². The summed E-state index contributed by atoms with van der Waals surface area (Å²) < 4.78 is 39.0. The summed E-state index contributed by atoms with van der Waals surface area (Å²) in [5.41, 5.74) is -2.49. The van der Waals surface area contributed by atoms with Crippen LogP contribution >= 0.6 is 0 Å². The number of halogens is 3. The van der Waals surface area contributed by atoms with Crippen molar-refractivity contribution in [2.45, 2.75) is 13.1 Å². The van der Waals surface area contributed by atoms with Gasteiger partial charge in [0.1, 0.15) is 17.3 Å². The molecule has 0 unspecified atom stereocenters. The van der Waals surface area contributed by atoms with Crippen LogP contribution in [-0.4, -0.2) is 20.6 Å². The zero-order valence-corrected chi connectivity index (χ0v) is 12.0. The number of hydrogen-bond acceptors (Lipinski definition) is 5. The van der Waals surface area contributed by atoms with Crippen molar-refractivity contribution in [1.29, 1.82) is 5.26 Å². The lowest BCUT2D eigenvalue weighted by atomic mass is 10.1. The van der Waals surface area contributed by atoms with Crippen LogP contribution in [0, 0.1) is 21.4 Å². The van der Waals surface area contributed by atoms with Gasteiger partial charge >= 0.3 is 6.18 Å². The third-order valence-corrected chi connectivity index (χ3v) is 2.91. The highest BCUT2D eigenvalue weighted by Gasteiger charge is 2.33. The number of aromatic nitrogens is 2. The second kappa shape index (κ2) is 5.99. The standard InChI is InChI=1S/C13H8F3N5O3/c1-7(22)19-12-8(5-17)6-18-20(12)10-3-2-9(13(14,15)16)4-11(10)21(23)24/h2-4,6H,1H3,(H,19,22). The van der Waals surface area contributed by atoms with Gasteiger partial charge in [0, 0.05) is 13.0 Å². The Labute approximate surface area is 132 Å². The Balaban J connectivity index is 2.69. The normalized spacial score (nSPS) is 11.0. The van der Waals surface area contributed by atoms with Crippen molar-refractivity contribution in [1.82, 2.24) is 9.78 Å². The lowest BCUT2D eigenvalue weighted by Crippen LogP contribution is -2.14. The van der Waals surface area contributed by atoms with Crippen LogP contribution in [0.15, 0.2) is 24.4 Å². The van der Waals surface area contributed by atoms with E-state index in [1.54, 1.807) is 6.07 Å². The summed E-state index contributed by atoms with van der Waals surface area (Å²) in [5, 5.41) is 26.1. The largest absolute Gasteiger partial charge is 0.416 e. The number of nitro groups is 1. The smallest absolute Gasteiger partial charge is 0.310 e. The van der Waals surface area contributed by atoms with Crippen molar-refractivity contribution >= 4 is 17.4 Å². The molecule has 0 radical (unpaired) electrons. The fourth-order valence-corrected chi connectivity index (χ4v) is 1.93. The van der Waals surface area contributed by atoms with E-state index in [9.17, 15) is 28.1 Å². The van der Waals surface area contributed by atoms with Gasteiger partial charge in [-0.15, -0.1) is 0 Å². The Morgan fingerprint density at radius 2 is 2.12 bits per heavy atom. The van der Waals surface area contributed by atoms with Crippen LogP contribution in [0.4, 0.5) is 24.7 Å². The molecular weight excluding hydrogens is 331 g/mol. The zero-order chi connectivity index (χ0) is 18.1. The topological polar surface area (TPSA) is 114 Å². The molecular formula is C13H8F3N5O3. The molecule has 0 saturated carbocycles. The molecule has 0 atom stereocenters. The molecule has 8 nitrogen and oxygen atoms in total. The van der Waals surface area contributed by atoms with Gasteiger partial charge < -0.3 is 5.32 Å². The predicted molar refractivity (Wildman–Crippen MR) is 74.2 cm³/mol. The quantitative estimate of drug-likeness (QED) is 0.682. The Kier molecular flexibility index (Phi) is 4.23. The van der Waals surface area contributed by atoms with Crippen molar-refractivity contribution in [2.75, 3.05) is 5.32 Å². The molecule has 2 rings (SSSR count). The minimum atomic E-state index is -4.76. The van der Waals surface area contributed by atoms with Gasteiger partial charge in [0.15, 0.2) is 5.82 Å². The molecule has 0 fully saturated rings. The summed E-state index contributed by atoms with van der Waals surface area (Å²) in [6.07, 6.45) is -3.72. The molecule has 1 aromatic heterocycles. The monoisotopic (exact) mass is 339 g/mol. The number of amides is 1. The third kappa shape index (κ3) is 3.17. The number of hydrogen-bond donors (Lipinski definition) is 1. The van der Waals surface area contributed by atoms with E-state index >= 15 is 0 Å². The molecule has 0 spiro atoms. The van der Waals surface area contributed by atoms with Crippen LogP contribution in [0.2, 0.25) is 0 Å². The summed E-state index contributed by atoms with van der Waals surface area (Å²) in [7, 11) is 0. The molecule has 0 aliphatic carbocycles. The number of nitrogens with one attached hydrogen (secondary N) is 1.